The molecule has 0 aliphatic heterocycles. The van der Waals surface area contributed by atoms with E-state index in [1.165, 1.54) is 26.8 Å². The van der Waals surface area contributed by atoms with Gasteiger partial charge in [0, 0.05) is 5.41 Å². The van der Waals surface area contributed by atoms with Crippen LogP contribution in [-0.2, 0) is 11.0 Å². The zero-order valence-electron chi connectivity index (χ0n) is 16.6. The fourth-order valence-electron chi connectivity index (χ4n) is 2.52. The summed E-state index contributed by atoms with van der Waals surface area (Å²) in [7, 11) is 0. The van der Waals surface area contributed by atoms with Crippen LogP contribution in [0.25, 0.3) is 5.76 Å². The van der Waals surface area contributed by atoms with Crippen LogP contribution < -0.4 is 4.74 Å². The third kappa shape index (κ3) is 5.39. The number of nitro groups is 1. The van der Waals surface area contributed by atoms with Crippen molar-refractivity contribution in [2.75, 3.05) is 0 Å². The lowest BCUT2D eigenvalue weighted by Crippen LogP contribution is -2.22. The number of nitriles is 1. The highest BCUT2D eigenvalue weighted by molar-refractivity contribution is 6.08. The zero-order chi connectivity index (χ0) is 23.6. The van der Waals surface area contributed by atoms with Gasteiger partial charge in [-0.3, -0.25) is 14.9 Å². The van der Waals surface area contributed by atoms with Gasteiger partial charge < -0.3 is 9.84 Å². The number of nitrogens with zero attached hydrogens (tertiary/aromatic N) is 2. The molecule has 0 spiro atoms. The molecule has 0 saturated heterocycles. The summed E-state index contributed by atoms with van der Waals surface area (Å²) in [6, 6.07) is 8.58. The topological polar surface area (TPSA) is 113 Å². The number of carbonyl (C=O) groups is 1. The lowest BCUT2D eigenvalue weighted by molar-refractivity contribution is -0.385. The number of aliphatic hydroxyl groups excluding tert-OH is 1. The summed E-state index contributed by atoms with van der Waals surface area (Å²) in [5.74, 6) is -1.98. The van der Waals surface area contributed by atoms with Gasteiger partial charge in [0.25, 0.3) is 5.69 Å². The number of carbonyl (C=O) groups excluding carboxylic acids is 1. The number of nitro benzene ring substituents is 1. The Hall–Kier alpha value is -3.87. The first-order valence-corrected chi connectivity index (χ1v) is 8.77. The van der Waals surface area contributed by atoms with Gasteiger partial charge in [-0.2, -0.15) is 18.4 Å². The van der Waals surface area contributed by atoms with Gasteiger partial charge in [0.05, 0.1) is 22.1 Å². The molecule has 0 heterocycles. The van der Waals surface area contributed by atoms with Crippen molar-refractivity contribution in [2.45, 2.75) is 26.9 Å². The molecule has 0 amide bonds. The van der Waals surface area contributed by atoms with Crippen molar-refractivity contribution in [1.29, 1.82) is 5.26 Å². The molecule has 0 atom stereocenters. The summed E-state index contributed by atoms with van der Waals surface area (Å²) in [5, 5.41) is 31.2. The Morgan fingerprint density at radius 1 is 1.13 bits per heavy atom. The third-order valence-corrected chi connectivity index (χ3v) is 4.07. The van der Waals surface area contributed by atoms with Crippen LogP contribution in [0.3, 0.4) is 0 Å². The van der Waals surface area contributed by atoms with Crippen LogP contribution in [0.15, 0.2) is 48.0 Å². The summed E-state index contributed by atoms with van der Waals surface area (Å²) in [4.78, 5) is 23.0. The average molecular weight is 434 g/mol. The van der Waals surface area contributed by atoms with Gasteiger partial charge in [-0.05, 0) is 30.3 Å². The van der Waals surface area contributed by atoms with E-state index < -0.39 is 50.4 Å². The maximum absolute atomic E-state index is 12.8. The number of ketones is 1. The second-order valence-electron chi connectivity index (χ2n) is 7.48. The lowest BCUT2D eigenvalue weighted by atomic mass is 9.85. The Bertz CT molecular complexity index is 1110. The highest BCUT2D eigenvalue weighted by Crippen LogP contribution is 2.36. The van der Waals surface area contributed by atoms with Gasteiger partial charge in [-0.25, -0.2) is 0 Å². The molecule has 7 nitrogen and oxygen atoms in total. The van der Waals surface area contributed by atoms with E-state index in [0.29, 0.717) is 0 Å². The van der Waals surface area contributed by atoms with E-state index in [0.717, 1.165) is 36.4 Å². The highest BCUT2D eigenvalue weighted by Gasteiger charge is 2.32. The van der Waals surface area contributed by atoms with Crippen molar-refractivity contribution in [3.63, 3.8) is 0 Å². The maximum Gasteiger partial charge on any atom is 0.416 e. The number of aliphatic hydroxyl groups is 1. The third-order valence-electron chi connectivity index (χ3n) is 4.07. The number of ether oxygens (including phenoxy) is 1. The Morgan fingerprint density at radius 2 is 1.74 bits per heavy atom. The van der Waals surface area contributed by atoms with Crippen molar-refractivity contribution in [1.82, 2.24) is 0 Å². The Balaban J connectivity index is 2.52. The number of hydrogen-bond donors (Lipinski definition) is 1. The molecule has 0 aromatic heterocycles. The Kier molecular flexibility index (Phi) is 6.40. The summed E-state index contributed by atoms with van der Waals surface area (Å²) in [6.07, 6.45) is -4.60. The van der Waals surface area contributed by atoms with Gasteiger partial charge in [-0.1, -0.05) is 26.8 Å². The molecule has 31 heavy (non-hydrogen) atoms. The van der Waals surface area contributed by atoms with Crippen molar-refractivity contribution < 1.29 is 32.7 Å². The number of Topliss-reactive ketones (excluding diaryl/α,β-unsaturated/α-hetero) is 1. The summed E-state index contributed by atoms with van der Waals surface area (Å²) < 4.78 is 43.8. The largest absolute Gasteiger partial charge is 0.506 e. The normalized spacial score (nSPS) is 12.5. The number of halogens is 3. The van der Waals surface area contributed by atoms with E-state index in [2.05, 4.69) is 0 Å². The SMILES string of the molecule is CC(C)(C)C(=O)C(C#N)=C(O)c1ccc(Oc2cccc(C(F)(F)F)c2)cc1[N+](=O)[O-]. The quantitative estimate of drug-likeness (QED) is 0.209. The monoisotopic (exact) mass is 434 g/mol. The first-order valence-electron chi connectivity index (χ1n) is 8.77. The van der Waals surface area contributed by atoms with Crippen LogP contribution in [-0.4, -0.2) is 15.8 Å². The summed E-state index contributed by atoms with van der Waals surface area (Å²) in [5.41, 5.74) is -3.74. The Labute approximate surface area is 175 Å². The van der Waals surface area contributed by atoms with E-state index in [9.17, 15) is 38.4 Å². The molecular weight excluding hydrogens is 417 g/mol. The first kappa shape index (κ1) is 23.4. The van der Waals surface area contributed by atoms with Crippen LogP contribution in [0.5, 0.6) is 11.5 Å². The van der Waals surface area contributed by atoms with E-state index in [1.54, 1.807) is 6.07 Å². The smallest absolute Gasteiger partial charge is 0.416 e. The van der Waals surface area contributed by atoms with E-state index in [1.807, 2.05) is 0 Å². The van der Waals surface area contributed by atoms with Gasteiger partial charge in [0.15, 0.2) is 11.5 Å². The molecule has 2 aromatic carbocycles. The van der Waals surface area contributed by atoms with Crippen LogP contribution in [0.2, 0.25) is 0 Å². The number of allylic oxidation sites excluding steroid dienone is 1. The van der Waals surface area contributed by atoms with Crippen LogP contribution in [0.1, 0.15) is 31.9 Å². The van der Waals surface area contributed by atoms with Gasteiger partial charge in [-0.15, -0.1) is 0 Å². The van der Waals surface area contributed by atoms with E-state index >= 15 is 0 Å². The van der Waals surface area contributed by atoms with Crippen molar-refractivity contribution in [3.05, 3.63) is 69.3 Å². The number of alkyl halides is 3. The highest BCUT2D eigenvalue weighted by atomic mass is 19.4. The minimum Gasteiger partial charge on any atom is -0.506 e. The molecule has 1 N–H and O–H groups in total. The van der Waals surface area contributed by atoms with Gasteiger partial charge >= 0.3 is 6.18 Å². The molecule has 0 unspecified atom stereocenters. The number of benzene rings is 2. The van der Waals surface area contributed by atoms with Crippen LogP contribution in [0, 0.1) is 26.9 Å². The summed E-state index contributed by atoms with van der Waals surface area (Å²) >= 11 is 0. The molecule has 2 aromatic rings. The van der Waals surface area contributed by atoms with Crippen molar-refractivity contribution in [2.24, 2.45) is 5.41 Å². The molecule has 162 valence electrons. The fraction of sp³-hybridized carbons (Fsp3) is 0.238. The molecule has 10 heteroatoms. The van der Waals surface area contributed by atoms with Gasteiger partial charge in [0.2, 0.25) is 0 Å². The second kappa shape index (κ2) is 8.47. The number of hydrogen-bond acceptors (Lipinski definition) is 6. The standard InChI is InChI=1S/C21H17F3N2O5/c1-20(2,3)19(28)16(11-25)18(27)15-8-7-14(10-17(15)26(29)30)31-13-6-4-5-12(9-13)21(22,23)24/h4-10,27H,1-3H3. The molecule has 0 saturated carbocycles. The molecular formula is C21H17F3N2O5. The Morgan fingerprint density at radius 3 is 2.26 bits per heavy atom. The van der Waals surface area contributed by atoms with Crippen LogP contribution >= 0.6 is 0 Å². The van der Waals surface area contributed by atoms with E-state index in [4.69, 9.17) is 4.74 Å². The van der Waals surface area contributed by atoms with E-state index in [-0.39, 0.29) is 11.5 Å². The number of rotatable bonds is 5. The molecule has 0 radical (unpaired) electrons. The molecule has 0 aliphatic rings. The van der Waals surface area contributed by atoms with Crippen molar-refractivity contribution in [3.8, 4) is 17.6 Å². The molecule has 0 fully saturated rings. The lowest BCUT2D eigenvalue weighted by Gasteiger charge is -2.16. The molecule has 0 aliphatic carbocycles. The molecule has 0 bridgehead atoms. The molecule has 2 rings (SSSR count). The van der Waals surface area contributed by atoms with Crippen LogP contribution in [0.4, 0.5) is 18.9 Å². The second-order valence-corrected chi connectivity index (χ2v) is 7.48. The minimum absolute atomic E-state index is 0.178. The predicted octanol–water partition coefficient (Wildman–Crippen LogP) is 5.81. The van der Waals surface area contributed by atoms with Gasteiger partial charge in [0.1, 0.15) is 23.1 Å². The summed E-state index contributed by atoms with van der Waals surface area (Å²) in [6.45, 7) is 4.54. The first-order chi connectivity index (χ1) is 14.3. The average Bonchev–Trinajstić information content (AvgIpc) is 2.67. The fourth-order valence-corrected chi connectivity index (χ4v) is 2.52. The predicted molar refractivity (Wildman–Crippen MR) is 104 cm³/mol. The zero-order valence-corrected chi connectivity index (χ0v) is 16.6. The minimum atomic E-state index is -4.60. The maximum atomic E-state index is 12.8. The van der Waals surface area contributed by atoms with Crippen molar-refractivity contribution >= 4 is 17.2 Å².